The Labute approximate surface area is 367 Å². The third-order valence-electron chi connectivity index (χ3n) is 8.85. The van der Waals surface area contributed by atoms with E-state index < -0.39 is 84.6 Å². The first-order chi connectivity index (χ1) is 29.6. The van der Waals surface area contributed by atoms with Crippen LogP contribution in [-0.4, -0.2) is 123 Å². The molecule has 2 amide bonds. The number of phosphoric acid groups is 3. The smallest absolute Gasteiger partial charge is 0.386 e. The van der Waals surface area contributed by atoms with Crippen molar-refractivity contribution in [2.45, 2.75) is 96.4 Å². The first-order valence-electron chi connectivity index (χ1n) is 19.6. The van der Waals surface area contributed by atoms with Gasteiger partial charge in [0.25, 0.3) is 0 Å². The number of imidazole rings is 1. The van der Waals surface area contributed by atoms with Gasteiger partial charge in [-0.05, 0) is 31.8 Å². The summed E-state index contributed by atoms with van der Waals surface area (Å²) in [5, 5.41) is 26.3. The number of unbranched alkanes of at least 4 members (excludes halogenated alkanes) is 3. The lowest BCUT2D eigenvalue weighted by molar-refractivity contribution is -0.137. The minimum atomic E-state index is -5.58. The van der Waals surface area contributed by atoms with Crippen molar-refractivity contribution in [3.63, 3.8) is 0 Å². The van der Waals surface area contributed by atoms with E-state index in [1.54, 1.807) is 6.08 Å². The van der Waals surface area contributed by atoms with Gasteiger partial charge in [0, 0.05) is 30.7 Å². The highest BCUT2D eigenvalue weighted by Gasteiger charge is 2.50. The first-order valence-corrected chi connectivity index (χ1v) is 25.1. The number of rotatable bonds is 28. The summed E-state index contributed by atoms with van der Waals surface area (Å²) in [6.45, 7) is 2.63. The Morgan fingerprint density at radius 1 is 0.984 bits per heavy atom. The van der Waals surface area contributed by atoms with Crippen LogP contribution in [0.1, 0.15) is 71.9 Å². The molecule has 0 aromatic carbocycles. The van der Waals surface area contributed by atoms with Gasteiger partial charge in [-0.25, -0.2) is 28.6 Å². The number of nitrogens with one attached hydrogen (secondary N) is 2. The van der Waals surface area contributed by atoms with E-state index in [0.717, 1.165) is 41.8 Å². The number of nitrogen functional groups attached to an aromatic ring is 1. The molecule has 3 rings (SSSR count). The largest absolute Gasteiger partial charge is 0.481 e. The standard InChI is InChI=1S/C35H56N7O17P3S/c1-4-5-6-7-8-9-10-11-12-13-14-15-26(44)63-19-18-37-25(43)16-17-38-33(47)30(46)35(2,3)21-56-62(53,54)59-61(51,52)55-20-24-29(58-60(48,49)50)28(45)34(57-24)42-23-41-27-31(36)39-22-40-32(27)42/h8-9,11-12,14-15,22-24,28-30,34,45-46H,4-7,10,13,16-21H2,1-3H3,(H,37,43)(H,38,47)(H,51,52)(H,53,54)(H2,36,39,40)(H2,48,49,50)/b9-8-,12-11-,15-14+/t24-,28-,29-,30+,34-/m1/s1. The second-order valence-electron chi connectivity index (χ2n) is 14.5. The van der Waals surface area contributed by atoms with Crippen LogP contribution >= 0.6 is 35.2 Å². The highest BCUT2D eigenvalue weighted by molar-refractivity contribution is 8.14. The summed E-state index contributed by atoms with van der Waals surface area (Å²) < 4.78 is 62.3. The van der Waals surface area contributed by atoms with E-state index in [1.165, 1.54) is 39.2 Å². The van der Waals surface area contributed by atoms with E-state index in [-0.39, 0.29) is 41.6 Å². The average molecular weight is 972 g/mol. The van der Waals surface area contributed by atoms with Gasteiger partial charge in [0.2, 0.25) is 16.9 Å². The molecule has 1 fully saturated rings. The van der Waals surface area contributed by atoms with Gasteiger partial charge < -0.3 is 50.9 Å². The minimum absolute atomic E-state index is 0.0297. The second kappa shape index (κ2) is 25.5. The molecule has 1 aliphatic rings. The molecule has 2 aromatic rings. The Morgan fingerprint density at radius 3 is 2.37 bits per heavy atom. The number of aliphatic hydroxyl groups is 2. The lowest BCUT2D eigenvalue weighted by Gasteiger charge is -2.30. The minimum Gasteiger partial charge on any atom is -0.386 e. The van der Waals surface area contributed by atoms with Crippen molar-refractivity contribution >= 4 is 69.1 Å². The van der Waals surface area contributed by atoms with E-state index in [1.807, 2.05) is 12.2 Å². The molecule has 10 N–H and O–H groups in total. The van der Waals surface area contributed by atoms with Gasteiger partial charge in [-0.2, -0.15) is 4.31 Å². The van der Waals surface area contributed by atoms with Crippen molar-refractivity contribution < 1.29 is 80.5 Å². The van der Waals surface area contributed by atoms with E-state index in [9.17, 15) is 57.9 Å². The van der Waals surface area contributed by atoms with Gasteiger partial charge >= 0.3 is 23.5 Å². The van der Waals surface area contributed by atoms with E-state index in [4.69, 9.17) is 19.5 Å². The summed E-state index contributed by atoms with van der Waals surface area (Å²) in [6, 6.07) is 0. The number of carbonyl (C=O) groups is 3. The number of nitrogens with two attached hydrogens (primary N) is 1. The monoisotopic (exact) mass is 971 g/mol. The summed E-state index contributed by atoms with van der Waals surface area (Å²) in [5.74, 6) is -1.15. The molecule has 2 aromatic heterocycles. The fourth-order valence-electron chi connectivity index (χ4n) is 5.57. The fraction of sp³-hybridized carbons (Fsp3) is 0.600. The van der Waals surface area contributed by atoms with Gasteiger partial charge in [-0.1, -0.05) is 75.8 Å². The number of fused-ring (bicyclic) bond motifs is 1. The lowest BCUT2D eigenvalue weighted by atomic mass is 9.87. The summed E-state index contributed by atoms with van der Waals surface area (Å²) in [4.78, 5) is 88.0. The second-order valence-corrected chi connectivity index (χ2v) is 19.9. The zero-order chi connectivity index (χ0) is 46.8. The fourth-order valence-corrected chi connectivity index (χ4v) is 9.00. The number of aromatic nitrogens is 4. The number of aliphatic hydroxyl groups excluding tert-OH is 2. The zero-order valence-electron chi connectivity index (χ0n) is 34.8. The van der Waals surface area contributed by atoms with Crippen LogP contribution in [0.25, 0.3) is 11.2 Å². The maximum Gasteiger partial charge on any atom is 0.481 e. The van der Waals surface area contributed by atoms with Crippen LogP contribution in [-0.2, 0) is 50.7 Å². The third kappa shape index (κ3) is 19.0. The van der Waals surface area contributed by atoms with Gasteiger partial charge in [-0.15, -0.1) is 0 Å². The van der Waals surface area contributed by atoms with Gasteiger partial charge in [0.1, 0.15) is 36.3 Å². The molecule has 0 spiro atoms. The summed E-state index contributed by atoms with van der Waals surface area (Å²) in [7, 11) is -16.4. The highest BCUT2D eigenvalue weighted by Crippen LogP contribution is 2.61. The molecule has 3 heterocycles. The molecule has 0 radical (unpaired) electrons. The third-order valence-corrected chi connectivity index (χ3v) is 12.8. The number of nitrogens with zero attached hydrogens (tertiary/aromatic N) is 4. The van der Waals surface area contributed by atoms with Gasteiger partial charge in [0.05, 0.1) is 19.5 Å². The molecular weight excluding hydrogens is 915 g/mol. The number of hydrogen-bond acceptors (Lipinski definition) is 18. The maximum atomic E-state index is 12.7. The zero-order valence-corrected chi connectivity index (χ0v) is 38.3. The van der Waals surface area contributed by atoms with Crippen LogP contribution in [0.3, 0.4) is 0 Å². The molecule has 0 bridgehead atoms. The lowest BCUT2D eigenvalue weighted by Crippen LogP contribution is -2.46. The van der Waals surface area contributed by atoms with Crippen LogP contribution in [0, 0.1) is 5.41 Å². The molecule has 1 saturated heterocycles. The molecule has 28 heteroatoms. The van der Waals surface area contributed by atoms with Crippen LogP contribution in [0.5, 0.6) is 0 Å². The van der Waals surface area contributed by atoms with Gasteiger partial charge in [0.15, 0.2) is 17.7 Å². The Morgan fingerprint density at radius 2 is 1.67 bits per heavy atom. The number of thioether (sulfide) groups is 1. The van der Waals surface area contributed by atoms with E-state index in [0.29, 0.717) is 12.2 Å². The number of ether oxygens (including phenoxy) is 1. The first kappa shape index (κ1) is 54.1. The molecule has 0 saturated carbocycles. The molecule has 1 aliphatic heterocycles. The SMILES string of the molecule is CCCCC/C=C\C/C=C\C/C=C/C(=O)SCCNC(=O)CCNC(=O)[C@H](O)C(C)(C)COP(=O)(O)OP(=O)(O)OC[C@H]1O[C@@H](n2cnc3c(N)ncnc32)[C@H](O)[C@@H]1OP(=O)(O)O. The molecule has 2 unspecified atom stereocenters. The quantitative estimate of drug-likeness (QED) is 0.0256. The van der Waals surface area contributed by atoms with E-state index >= 15 is 0 Å². The van der Waals surface area contributed by atoms with Crippen molar-refractivity contribution in [1.82, 2.24) is 30.2 Å². The number of amides is 2. The maximum absolute atomic E-state index is 12.7. The molecule has 63 heavy (non-hydrogen) atoms. The molecule has 0 aliphatic carbocycles. The predicted octanol–water partition coefficient (Wildman–Crippen LogP) is 2.69. The van der Waals surface area contributed by atoms with Gasteiger partial charge in [-0.3, -0.25) is 32.5 Å². The Balaban J connectivity index is 1.38. The topological polar surface area (TPSA) is 364 Å². The Bertz CT molecular complexity index is 2070. The number of phosphoric ester groups is 3. The van der Waals surface area contributed by atoms with Crippen molar-refractivity contribution in [3.8, 4) is 0 Å². The predicted molar refractivity (Wildman–Crippen MR) is 228 cm³/mol. The van der Waals surface area contributed by atoms with Crippen molar-refractivity contribution in [2.24, 2.45) is 5.41 Å². The summed E-state index contributed by atoms with van der Waals surface area (Å²) in [5.41, 5.74) is 4.26. The normalized spacial score (nSPS) is 21.0. The molecule has 354 valence electrons. The van der Waals surface area contributed by atoms with Crippen LogP contribution in [0.2, 0.25) is 0 Å². The molecular formula is C35H56N7O17P3S. The van der Waals surface area contributed by atoms with Crippen LogP contribution < -0.4 is 16.4 Å². The van der Waals surface area contributed by atoms with Crippen molar-refractivity contribution in [2.75, 3.05) is 37.8 Å². The van der Waals surface area contributed by atoms with Crippen molar-refractivity contribution in [3.05, 3.63) is 49.1 Å². The molecule has 7 atom stereocenters. The number of allylic oxidation sites excluding steroid dienone is 5. The Hall–Kier alpha value is -3.22. The average Bonchev–Trinajstić information content (AvgIpc) is 3.76. The Kier molecular flexibility index (Phi) is 21.9. The number of carbonyl (C=O) groups excluding carboxylic acids is 3. The summed E-state index contributed by atoms with van der Waals surface area (Å²) >= 11 is 1.03. The van der Waals surface area contributed by atoms with Crippen LogP contribution in [0.4, 0.5) is 5.82 Å². The van der Waals surface area contributed by atoms with Crippen molar-refractivity contribution in [1.29, 1.82) is 0 Å². The number of anilines is 1. The van der Waals surface area contributed by atoms with Crippen LogP contribution in [0.15, 0.2) is 49.1 Å². The number of hydrogen-bond donors (Lipinski definition) is 9. The molecule has 24 nitrogen and oxygen atoms in total. The summed E-state index contributed by atoms with van der Waals surface area (Å²) in [6.07, 6.45) is 10.8. The van der Waals surface area contributed by atoms with E-state index in [2.05, 4.69) is 53.5 Å². The highest BCUT2D eigenvalue weighted by atomic mass is 32.2.